The van der Waals surface area contributed by atoms with Gasteiger partial charge in [-0.25, -0.2) is 0 Å². The molecule has 2 radical (unpaired) electrons. The maximum Gasteiger partial charge on any atom is 0.0429 e. The highest BCUT2D eigenvalue weighted by atomic mass is 28.2. The van der Waals surface area contributed by atoms with Crippen molar-refractivity contribution in [3.05, 3.63) is 71.8 Å². The summed E-state index contributed by atoms with van der Waals surface area (Å²) in [6.45, 7) is 0. The highest BCUT2D eigenvalue weighted by Gasteiger charge is 1.95. The molecule has 1 heteroatoms. The normalized spacial score (nSPS) is 10.4. The Balaban J connectivity index is 1.61. The molecule has 0 bridgehead atoms. The second-order valence-electron chi connectivity index (χ2n) is 4.25. The quantitative estimate of drug-likeness (QED) is 0.528. The molecule has 0 saturated carbocycles. The molecule has 86 valence electrons. The van der Waals surface area contributed by atoms with Crippen molar-refractivity contribution in [1.29, 1.82) is 0 Å². The van der Waals surface area contributed by atoms with Crippen molar-refractivity contribution in [1.82, 2.24) is 0 Å². The van der Waals surface area contributed by atoms with Crippen molar-refractivity contribution in [2.45, 2.75) is 24.9 Å². The van der Waals surface area contributed by atoms with E-state index >= 15 is 0 Å². The minimum atomic E-state index is 1.06. The number of aryl methyl sites for hydroxylation is 1. The first kappa shape index (κ1) is 12.1. The first-order valence-electron chi connectivity index (χ1n) is 6.24. The third-order valence-electron chi connectivity index (χ3n) is 2.83. The van der Waals surface area contributed by atoms with Gasteiger partial charge in [0, 0.05) is 9.52 Å². The Morgan fingerprint density at radius 2 is 1.29 bits per heavy atom. The van der Waals surface area contributed by atoms with Crippen LogP contribution < -0.4 is 0 Å². The van der Waals surface area contributed by atoms with E-state index in [1.54, 1.807) is 0 Å². The summed E-state index contributed by atoms with van der Waals surface area (Å²) in [4.78, 5) is 0. The van der Waals surface area contributed by atoms with Crippen molar-refractivity contribution >= 4 is 9.52 Å². The van der Waals surface area contributed by atoms with Crippen molar-refractivity contribution in [2.75, 3.05) is 0 Å². The van der Waals surface area contributed by atoms with Crippen LogP contribution in [0.2, 0.25) is 6.04 Å². The van der Waals surface area contributed by atoms with E-state index in [0.717, 1.165) is 9.52 Å². The molecule has 17 heavy (non-hydrogen) atoms. The number of hydrogen-bond acceptors (Lipinski definition) is 0. The fourth-order valence-corrected chi connectivity index (χ4v) is 3.02. The maximum absolute atomic E-state index is 2.23. The van der Waals surface area contributed by atoms with Crippen LogP contribution in [0.5, 0.6) is 0 Å². The van der Waals surface area contributed by atoms with E-state index < -0.39 is 0 Å². The van der Waals surface area contributed by atoms with Crippen LogP contribution >= 0.6 is 0 Å². The first-order valence-corrected chi connectivity index (χ1v) is 7.65. The van der Waals surface area contributed by atoms with Gasteiger partial charge in [-0.2, -0.15) is 0 Å². The van der Waals surface area contributed by atoms with Crippen molar-refractivity contribution < 1.29 is 0 Å². The zero-order chi connectivity index (χ0) is 11.8. The van der Waals surface area contributed by atoms with Gasteiger partial charge in [0.15, 0.2) is 0 Å². The molecule has 0 amide bonds. The topological polar surface area (TPSA) is 0 Å². The van der Waals surface area contributed by atoms with Crippen LogP contribution in [-0.2, 0) is 12.5 Å². The average Bonchev–Trinajstić information content (AvgIpc) is 2.41. The molecule has 2 aromatic carbocycles. The average molecular weight is 238 g/mol. The lowest BCUT2D eigenvalue weighted by Gasteiger charge is -2.01. The van der Waals surface area contributed by atoms with Crippen molar-refractivity contribution in [2.24, 2.45) is 0 Å². The molecule has 0 aliphatic heterocycles. The zero-order valence-electron chi connectivity index (χ0n) is 10.1. The van der Waals surface area contributed by atoms with E-state index in [1.807, 2.05) is 0 Å². The highest BCUT2D eigenvalue weighted by molar-refractivity contribution is 6.34. The van der Waals surface area contributed by atoms with Gasteiger partial charge in [-0.05, 0) is 18.0 Å². The summed E-state index contributed by atoms with van der Waals surface area (Å²) in [5.74, 6) is 0. The highest BCUT2D eigenvalue weighted by Crippen LogP contribution is 2.06. The fraction of sp³-hybridized carbons (Fsp3) is 0.250. The number of hydrogen-bond donors (Lipinski definition) is 0. The minimum Gasteiger partial charge on any atom is -0.0622 e. The van der Waals surface area contributed by atoms with E-state index in [0.29, 0.717) is 0 Å². The molecule has 0 unspecified atom stereocenters. The molecule has 0 aliphatic rings. The lowest BCUT2D eigenvalue weighted by atomic mass is 10.1. The predicted octanol–water partition coefficient (Wildman–Crippen LogP) is 3.94. The van der Waals surface area contributed by atoms with Gasteiger partial charge in [0.1, 0.15) is 0 Å². The van der Waals surface area contributed by atoms with Gasteiger partial charge in [0.2, 0.25) is 0 Å². The summed E-state index contributed by atoms with van der Waals surface area (Å²) >= 11 is 0. The smallest absolute Gasteiger partial charge is 0.0429 e. The summed E-state index contributed by atoms with van der Waals surface area (Å²) in [7, 11) is 1.06. The molecule has 0 nitrogen and oxygen atoms in total. The summed E-state index contributed by atoms with van der Waals surface area (Å²) in [5.41, 5.74) is 2.95. The van der Waals surface area contributed by atoms with E-state index in [-0.39, 0.29) is 0 Å². The van der Waals surface area contributed by atoms with Gasteiger partial charge < -0.3 is 0 Å². The molecule has 0 N–H and O–H groups in total. The summed E-state index contributed by atoms with van der Waals surface area (Å²) in [5, 5.41) is 0. The van der Waals surface area contributed by atoms with Crippen LogP contribution in [-0.4, -0.2) is 9.52 Å². The van der Waals surface area contributed by atoms with E-state index in [9.17, 15) is 0 Å². The number of benzene rings is 2. The summed E-state index contributed by atoms with van der Waals surface area (Å²) in [6.07, 6.45) is 2.54. The van der Waals surface area contributed by atoms with Gasteiger partial charge in [-0.15, -0.1) is 0 Å². The van der Waals surface area contributed by atoms with Gasteiger partial charge in [0.05, 0.1) is 0 Å². The molecule has 0 fully saturated rings. The van der Waals surface area contributed by atoms with Crippen molar-refractivity contribution in [3.8, 4) is 0 Å². The Morgan fingerprint density at radius 3 is 1.94 bits per heavy atom. The van der Waals surface area contributed by atoms with Crippen LogP contribution in [0.3, 0.4) is 0 Å². The van der Waals surface area contributed by atoms with Gasteiger partial charge in [0.25, 0.3) is 0 Å². The first-order chi connectivity index (χ1) is 8.45. The molecule has 0 atom stereocenters. The fourth-order valence-electron chi connectivity index (χ4n) is 1.89. The van der Waals surface area contributed by atoms with Gasteiger partial charge in [-0.1, -0.05) is 78.7 Å². The van der Waals surface area contributed by atoms with E-state index in [1.165, 1.54) is 36.1 Å². The summed E-state index contributed by atoms with van der Waals surface area (Å²) in [6, 6.07) is 24.2. The number of rotatable bonds is 6. The van der Waals surface area contributed by atoms with Gasteiger partial charge in [-0.3, -0.25) is 0 Å². The Hall–Kier alpha value is -1.34. The van der Waals surface area contributed by atoms with Crippen LogP contribution in [0.25, 0.3) is 0 Å². The predicted molar refractivity (Wildman–Crippen MR) is 75.5 cm³/mol. The monoisotopic (exact) mass is 238 g/mol. The lowest BCUT2D eigenvalue weighted by Crippen LogP contribution is -1.97. The van der Waals surface area contributed by atoms with E-state index in [4.69, 9.17) is 0 Å². The lowest BCUT2D eigenvalue weighted by molar-refractivity contribution is 0.911. The molecular formula is C16H18Si. The molecule has 0 aliphatic carbocycles. The van der Waals surface area contributed by atoms with Crippen LogP contribution in [0, 0.1) is 0 Å². The van der Waals surface area contributed by atoms with Crippen molar-refractivity contribution in [3.63, 3.8) is 0 Å². The minimum absolute atomic E-state index is 1.06. The largest absolute Gasteiger partial charge is 0.0622 e. The van der Waals surface area contributed by atoms with Crippen LogP contribution in [0.1, 0.15) is 17.5 Å². The summed E-state index contributed by atoms with van der Waals surface area (Å²) < 4.78 is 0. The third-order valence-corrected chi connectivity index (χ3v) is 4.20. The Kier molecular flexibility index (Phi) is 5.05. The molecule has 0 heterocycles. The molecule has 2 aromatic rings. The van der Waals surface area contributed by atoms with Gasteiger partial charge >= 0.3 is 0 Å². The Bertz CT molecular complexity index is 367. The molecule has 2 rings (SSSR count). The molecule has 0 spiro atoms. The second-order valence-corrected chi connectivity index (χ2v) is 5.61. The Morgan fingerprint density at radius 1 is 0.706 bits per heavy atom. The molecule has 0 saturated heterocycles. The molecular weight excluding hydrogens is 220 g/mol. The zero-order valence-corrected chi connectivity index (χ0v) is 11.1. The Labute approximate surface area is 107 Å². The SMILES string of the molecule is c1ccc(CCC[Si]Cc2ccccc2)cc1. The molecule has 0 aromatic heterocycles. The van der Waals surface area contributed by atoms with Crippen LogP contribution in [0.4, 0.5) is 0 Å². The third kappa shape index (κ3) is 4.57. The maximum atomic E-state index is 2.23. The van der Waals surface area contributed by atoms with E-state index in [2.05, 4.69) is 60.7 Å². The second kappa shape index (κ2) is 7.07. The standard InChI is InChI=1S/C16H18Si/c1-3-8-15(9-4-1)12-7-13-17-14-16-10-5-2-6-11-16/h1-6,8-11H,7,12-14H2. The van der Waals surface area contributed by atoms with Crippen LogP contribution in [0.15, 0.2) is 60.7 Å².